The number of nitrogens with one attached hydrogen (secondary N) is 1. The van der Waals surface area contributed by atoms with Gasteiger partial charge < -0.3 is 10.2 Å². The van der Waals surface area contributed by atoms with Crippen LogP contribution in [-0.2, 0) is 0 Å². The highest BCUT2D eigenvalue weighted by Gasteiger charge is 2.16. The van der Waals surface area contributed by atoms with E-state index in [1.807, 2.05) is 24.3 Å². The maximum Gasteiger partial charge on any atom is 0.292 e. The van der Waals surface area contributed by atoms with Gasteiger partial charge in [0, 0.05) is 22.8 Å². The molecule has 0 amide bonds. The third-order valence-electron chi connectivity index (χ3n) is 4.06. The molecular weight excluding hydrogens is 346 g/mol. The Balaban J connectivity index is 2.00. The predicted octanol–water partition coefficient (Wildman–Crippen LogP) is 4.90. The zero-order valence-corrected chi connectivity index (χ0v) is 16.2. The largest absolute Gasteiger partial charge is 0.376 e. The van der Waals surface area contributed by atoms with Crippen LogP contribution in [-0.4, -0.2) is 42.3 Å². The lowest BCUT2D eigenvalue weighted by atomic mass is 10.1. The number of anilines is 1. The second kappa shape index (κ2) is 10.8. The van der Waals surface area contributed by atoms with Crippen molar-refractivity contribution in [3.05, 3.63) is 64.7 Å². The molecule has 26 heavy (non-hydrogen) atoms. The standard InChI is InChI=1S/C20H27N3O2S/c1-22(2)15-9-8-10-17(16-26-18-11-4-3-5-12-18)21-19-13-6-7-14-20(19)23(24)25/h3-7,11-14,17,21H,8-10,15-16H2,1-2H3/t17-/m1/s1. The highest BCUT2D eigenvalue weighted by Crippen LogP contribution is 2.27. The molecule has 0 aliphatic carbocycles. The monoisotopic (exact) mass is 373 g/mol. The van der Waals surface area contributed by atoms with Crippen LogP contribution in [0.15, 0.2) is 59.5 Å². The minimum Gasteiger partial charge on any atom is -0.376 e. The van der Waals surface area contributed by atoms with Crippen molar-refractivity contribution in [3.8, 4) is 0 Å². The molecule has 5 nitrogen and oxygen atoms in total. The van der Waals surface area contributed by atoms with E-state index >= 15 is 0 Å². The van der Waals surface area contributed by atoms with Crippen LogP contribution in [0, 0.1) is 10.1 Å². The zero-order chi connectivity index (χ0) is 18.8. The molecule has 0 saturated carbocycles. The van der Waals surface area contributed by atoms with Crippen molar-refractivity contribution in [1.82, 2.24) is 4.90 Å². The van der Waals surface area contributed by atoms with Crippen LogP contribution in [0.1, 0.15) is 19.3 Å². The summed E-state index contributed by atoms with van der Waals surface area (Å²) in [7, 11) is 4.16. The Morgan fingerprint density at radius 1 is 1.08 bits per heavy atom. The van der Waals surface area contributed by atoms with Gasteiger partial charge >= 0.3 is 0 Å². The molecule has 0 heterocycles. The Labute approximate surface area is 159 Å². The lowest BCUT2D eigenvalue weighted by Crippen LogP contribution is -2.23. The van der Waals surface area contributed by atoms with Crippen molar-refractivity contribution in [2.24, 2.45) is 0 Å². The second-order valence-corrected chi connectivity index (χ2v) is 7.63. The highest BCUT2D eigenvalue weighted by atomic mass is 32.2. The number of nitrogens with zero attached hydrogens (tertiary/aromatic N) is 2. The maximum atomic E-state index is 11.3. The van der Waals surface area contributed by atoms with Crippen molar-refractivity contribution >= 4 is 23.1 Å². The van der Waals surface area contributed by atoms with E-state index in [1.165, 1.54) is 4.90 Å². The first kappa shape index (κ1) is 20.3. The van der Waals surface area contributed by atoms with E-state index in [-0.39, 0.29) is 16.7 Å². The van der Waals surface area contributed by atoms with Gasteiger partial charge in [0.15, 0.2) is 0 Å². The van der Waals surface area contributed by atoms with Crippen LogP contribution in [0.25, 0.3) is 0 Å². The normalized spacial score (nSPS) is 12.1. The topological polar surface area (TPSA) is 58.4 Å². The number of thioether (sulfide) groups is 1. The Morgan fingerprint density at radius 3 is 2.46 bits per heavy atom. The van der Waals surface area contributed by atoms with Gasteiger partial charge in [-0.1, -0.05) is 36.8 Å². The first-order chi connectivity index (χ1) is 12.6. The van der Waals surface area contributed by atoms with Gasteiger partial charge in [0.2, 0.25) is 0 Å². The Hall–Kier alpha value is -2.05. The summed E-state index contributed by atoms with van der Waals surface area (Å²) in [4.78, 5) is 14.4. The summed E-state index contributed by atoms with van der Waals surface area (Å²) in [6.45, 7) is 1.06. The van der Waals surface area contributed by atoms with Gasteiger partial charge in [0.25, 0.3) is 5.69 Å². The van der Waals surface area contributed by atoms with Crippen molar-refractivity contribution in [2.75, 3.05) is 31.7 Å². The number of nitro benzene ring substituents is 1. The minimum atomic E-state index is -0.324. The van der Waals surface area contributed by atoms with Crippen LogP contribution >= 0.6 is 11.8 Å². The van der Waals surface area contributed by atoms with Gasteiger partial charge in [0.05, 0.1) is 4.92 Å². The van der Waals surface area contributed by atoms with Crippen LogP contribution in [0.2, 0.25) is 0 Å². The van der Waals surface area contributed by atoms with Crippen molar-refractivity contribution in [1.29, 1.82) is 0 Å². The molecule has 2 aromatic rings. The number of rotatable bonds is 11. The van der Waals surface area contributed by atoms with Crippen LogP contribution in [0.5, 0.6) is 0 Å². The molecule has 0 spiro atoms. The summed E-state index contributed by atoms with van der Waals surface area (Å²) in [6, 6.07) is 17.3. The van der Waals surface area contributed by atoms with E-state index in [0.29, 0.717) is 5.69 Å². The Bertz CT molecular complexity index is 680. The quantitative estimate of drug-likeness (QED) is 0.263. The minimum absolute atomic E-state index is 0.135. The van der Waals surface area contributed by atoms with E-state index in [9.17, 15) is 10.1 Å². The molecule has 0 fully saturated rings. The van der Waals surface area contributed by atoms with E-state index in [0.717, 1.165) is 31.6 Å². The molecule has 140 valence electrons. The number of hydrogen-bond donors (Lipinski definition) is 1. The second-order valence-electron chi connectivity index (χ2n) is 6.54. The van der Waals surface area contributed by atoms with Gasteiger partial charge in [-0.25, -0.2) is 0 Å². The van der Waals surface area contributed by atoms with Crippen molar-refractivity contribution in [3.63, 3.8) is 0 Å². The summed E-state index contributed by atoms with van der Waals surface area (Å²) in [6.07, 6.45) is 3.20. The average Bonchev–Trinajstić information content (AvgIpc) is 2.64. The molecule has 0 aliphatic rings. The molecule has 1 N–H and O–H groups in total. The number of nitro groups is 1. The molecule has 0 aromatic heterocycles. The van der Waals surface area contributed by atoms with Gasteiger partial charge in [-0.05, 0) is 51.7 Å². The smallest absolute Gasteiger partial charge is 0.292 e. The molecule has 2 aromatic carbocycles. The lowest BCUT2D eigenvalue weighted by Gasteiger charge is -2.20. The van der Waals surface area contributed by atoms with Crippen molar-refractivity contribution in [2.45, 2.75) is 30.2 Å². The SMILES string of the molecule is CN(C)CCCC[C@H](CSc1ccccc1)Nc1ccccc1[N+](=O)[O-]. The molecule has 1 atom stereocenters. The number of hydrogen-bond acceptors (Lipinski definition) is 5. The highest BCUT2D eigenvalue weighted by molar-refractivity contribution is 7.99. The molecule has 6 heteroatoms. The number of unbranched alkanes of at least 4 members (excludes halogenated alkanes) is 1. The first-order valence-electron chi connectivity index (χ1n) is 8.89. The van der Waals surface area contributed by atoms with Crippen molar-refractivity contribution < 1.29 is 4.92 Å². The fraction of sp³-hybridized carbons (Fsp3) is 0.400. The lowest BCUT2D eigenvalue weighted by molar-refractivity contribution is -0.384. The first-order valence-corrected chi connectivity index (χ1v) is 9.87. The Kier molecular flexibility index (Phi) is 8.44. The van der Waals surface area contributed by atoms with Gasteiger partial charge in [-0.2, -0.15) is 0 Å². The van der Waals surface area contributed by atoms with E-state index in [4.69, 9.17) is 0 Å². The van der Waals surface area contributed by atoms with E-state index in [1.54, 1.807) is 30.0 Å². The van der Waals surface area contributed by atoms with E-state index in [2.05, 4.69) is 36.4 Å². The van der Waals surface area contributed by atoms with E-state index < -0.39 is 0 Å². The third-order valence-corrected chi connectivity index (χ3v) is 5.24. The summed E-state index contributed by atoms with van der Waals surface area (Å²) >= 11 is 1.78. The van der Waals surface area contributed by atoms with Gasteiger partial charge in [-0.3, -0.25) is 10.1 Å². The average molecular weight is 374 g/mol. The summed E-state index contributed by atoms with van der Waals surface area (Å²) in [5, 5.41) is 14.7. The third kappa shape index (κ3) is 7.06. The summed E-state index contributed by atoms with van der Waals surface area (Å²) in [5.74, 6) is 0.873. The zero-order valence-electron chi connectivity index (χ0n) is 15.4. The molecule has 0 aliphatic heterocycles. The fourth-order valence-corrected chi connectivity index (χ4v) is 3.70. The molecule has 0 radical (unpaired) electrons. The fourth-order valence-electron chi connectivity index (χ4n) is 2.70. The predicted molar refractivity (Wildman–Crippen MR) is 110 cm³/mol. The van der Waals surface area contributed by atoms with Crippen LogP contribution < -0.4 is 5.32 Å². The number of benzene rings is 2. The number of para-hydroxylation sites is 2. The van der Waals surface area contributed by atoms with Gasteiger partial charge in [-0.15, -0.1) is 11.8 Å². The summed E-state index contributed by atoms with van der Waals surface area (Å²) < 4.78 is 0. The molecule has 0 bridgehead atoms. The van der Waals surface area contributed by atoms with Crippen LogP contribution in [0.4, 0.5) is 11.4 Å². The molecular formula is C20H27N3O2S. The Morgan fingerprint density at radius 2 is 1.77 bits per heavy atom. The van der Waals surface area contributed by atoms with Gasteiger partial charge in [0.1, 0.15) is 5.69 Å². The molecule has 2 rings (SSSR count). The summed E-state index contributed by atoms with van der Waals surface area (Å²) in [5.41, 5.74) is 0.735. The van der Waals surface area contributed by atoms with Crippen LogP contribution in [0.3, 0.4) is 0 Å². The molecule has 0 unspecified atom stereocenters. The molecule has 0 saturated heterocycles. The maximum absolute atomic E-state index is 11.3.